The molecule has 0 bridgehead atoms. The van der Waals surface area contributed by atoms with Crippen molar-refractivity contribution in [2.24, 2.45) is 0 Å². The second kappa shape index (κ2) is 10.7. The van der Waals surface area contributed by atoms with Gasteiger partial charge in [0.25, 0.3) is 0 Å². The molecule has 5 heteroatoms. The number of likely N-dealkylation sites (tertiary alicyclic amines) is 1. The predicted octanol–water partition coefficient (Wildman–Crippen LogP) is 2.22. The molecule has 1 heterocycles. The number of hydrogen-bond acceptors (Lipinski definition) is 3. The minimum absolute atomic E-state index is 0.118. The molecular weight excluding hydrogens is 352 g/mol. The third-order valence-corrected chi connectivity index (χ3v) is 5.00. The van der Waals surface area contributed by atoms with E-state index < -0.39 is 0 Å². The smallest absolute Gasteiger partial charge is 0.220 e. The predicted molar refractivity (Wildman–Crippen MR) is 110 cm³/mol. The molecule has 5 nitrogen and oxygen atoms in total. The first kappa shape index (κ1) is 20.2. The molecule has 1 amide bonds. The van der Waals surface area contributed by atoms with Crippen LogP contribution in [-0.4, -0.2) is 38.3 Å². The van der Waals surface area contributed by atoms with Gasteiger partial charge < -0.3 is 19.7 Å². The van der Waals surface area contributed by atoms with Gasteiger partial charge in [-0.3, -0.25) is 4.79 Å². The molecular formula is C23H31N2O3+. The van der Waals surface area contributed by atoms with Gasteiger partial charge >= 0.3 is 0 Å². The van der Waals surface area contributed by atoms with E-state index in [2.05, 4.69) is 29.6 Å². The van der Waals surface area contributed by atoms with E-state index in [1.54, 1.807) is 0 Å². The van der Waals surface area contributed by atoms with Crippen molar-refractivity contribution in [1.29, 1.82) is 0 Å². The highest BCUT2D eigenvalue weighted by molar-refractivity contribution is 5.76. The Hall–Kier alpha value is -2.53. The number of hydrogen-bond donors (Lipinski definition) is 2. The van der Waals surface area contributed by atoms with Gasteiger partial charge in [-0.25, -0.2) is 0 Å². The lowest BCUT2D eigenvalue weighted by Gasteiger charge is -2.14. The van der Waals surface area contributed by atoms with E-state index in [1.165, 1.54) is 10.5 Å². The molecule has 1 aliphatic heterocycles. The lowest BCUT2D eigenvalue weighted by atomic mass is 10.2. The Labute approximate surface area is 167 Å². The van der Waals surface area contributed by atoms with Crippen LogP contribution in [0.3, 0.4) is 0 Å². The van der Waals surface area contributed by atoms with Crippen LogP contribution in [-0.2, 0) is 11.3 Å². The Morgan fingerprint density at radius 1 is 1.07 bits per heavy atom. The molecule has 150 valence electrons. The van der Waals surface area contributed by atoms with E-state index in [0.717, 1.165) is 37.6 Å². The van der Waals surface area contributed by atoms with Crippen LogP contribution in [0.1, 0.15) is 31.7 Å². The Kier molecular flexibility index (Phi) is 7.73. The molecule has 28 heavy (non-hydrogen) atoms. The molecule has 2 N–H and O–H groups in total. The number of quaternary nitrogens is 1. The molecule has 3 rings (SSSR count). The fourth-order valence-corrected chi connectivity index (χ4v) is 3.66. The molecule has 0 aliphatic carbocycles. The SMILES string of the molecule is CCOc1ccccc1OCCCC(=O)N[C@H]1CC[NH+](Cc2ccccc2)C1. The standard InChI is InChI=1S/C23H30N2O3/c1-2-27-21-11-6-7-12-22(21)28-16-8-13-23(26)24-20-14-15-25(18-20)17-19-9-4-3-5-10-19/h3-7,9-12,20H,2,8,13-18H2,1H3,(H,24,26)/p+1/t20-/m0/s1. The van der Waals surface area contributed by atoms with E-state index in [9.17, 15) is 4.79 Å². The maximum Gasteiger partial charge on any atom is 0.220 e. The number of para-hydroxylation sites is 2. The lowest BCUT2D eigenvalue weighted by Crippen LogP contribution is -3.09. The highest BCUT2D eigenvalue weighted by Gasteiger charge is 2.27. The fraction of sp³-hybridized carbons (Fsp3) is 0.435. The number of carbonyl (C=O) groups is 1. The van der Waals surface area contributed by atoms with Crippen LogP contribution in [0.2, 0.25) is 0 Å². The first-order valence-corrected chi connectivity index (χ1v) is 10.3. The Bertz CT molecular complexity index is 736. The zero-order valence-electron chi connectivity index (χ0n) is 16.7. The highest BCUT2D eigenvalue weighted by atomic mass is 16.5. The summed E-state index contributed by atoms with van der Waals surface area (Å²) in [5, 5.41) is 3.18. The van der Waals surface area contributed by atoms with E-state index in [0.29, 0.717) is 26.1 Å². The molecule has 2 aromatic rings. The van der Waals surface area contributed by atoms with Gasteiger partial charge in [-0.1, -0.05) is 42.5 Å². The largest absolute Gasteiger partial charge is 0.490 e. The molecule has 1 saturated heterocycles. The van der Waals surface area contributed by atoms with E-state index >= 15 is 0 Å². The summed E-state index contributed by atoms with van der Waals surface area (Å²) in [6.07, 6.45) is 2.23. The summed E-state index contributed by atoms with van der Waals surface area (Å²) >= 11 is 0. The summed E-state index contributed by atoms with van der Waals surface area (Å²) in [5.41, 5.74) is 1.36. The average molecular weight is 384 g/mol. The van der Waals surface area contributed by atoms with Crippen LogP contribution in [0.5, 0.6) is 11.5 Å². The molecule has 2 atom stereocenters. The van der Waals surface area contributed by atoms with E-state index in [1.807, 2.05) is 37.3 Å². The molecule has 1 aliphatic rings. The van der Waals surface area contributed by atoms with Crippen LogP contribution >= 0.6 is 0 Å². The van der Waals surface area contributed by atoms with Crippen molar-refractivity contribution in [1.82, 2.24) is 5.32 Å². The summed E-state index contributed by atoms with van der Waals surface area (Å²) in [5.74, 6) is 1.61. The first-order valence-electron chi connectivity index (χ1n) is 10.3. The maximum atomic E-state index is 12.2. The quantitative estimate of drug-likeness (QED) is 0.619. The molecule has 1 unspecified atom stereocenters. The van der Waals surface area contributed by atoms with Gasteiger partial charge in [0.1, 0.15) is 6.54 Å². The molecule has 1 fully saturated rings. The van der Waals surface area contributed by atoms with Crippen LogP contribution in [0, 0.1) is 0 Å². The zero-order valence-corrected chi connectivity index (χ0v) is 16.7. The Balaban J connectivity index is 1.33. The van der Waals surface area contributed by atoms with Crippen molar-refractivity contribution >= 4 is 5.91 Å². The van der Waals surface area contributed by atoms with Gasteiger partial charge in [0.15, 0.2) is 11.5 Å². The molecule has 0 spiro atoms. The second-order valence-electron chi connectivity index (χ2n) is 7.25. The normalized spacial score (nSPS) is 18.6. The molecule has 0 aromatic heterocycles. The first-order chi connectivity index (χ1) is 13.7. The third kappa shape index (κ3) is 6.27. The number of ether oxygens (including phenoxy) is 2. The number of nitrogens with one attached hydrogen (secondary N) is 2. The van der Waals surface area contributed by atoms with Crippen LogP contribution < -0.4 is 19.7 Å². The topological polar surface area (TPSA) is 52.0 Å². The minimum Gasteiger partial charge on any atom is -0.490 e. The average Bonchev–Trinajstić information content (AvgIpc) is 3.14. The maximum absolute atomic E-state index is 12.2. The van der Waals surface area contributed by atoms with Gasteiger partial charge in [0.2, 0.25) is 5.91 Å². The molecule has 0 saturated carbocycles. The van der Waals surface area contributed by atoms with E-state index in [-0.39, 0.29) is 11.9 Å². The van der Waals surface area contributed by atoms with Crippen molar-refractivity contribution in [2.45, 2.75) is 38.8 Å². The van der Waals surface area contributed by atoms with Crippen molar-refractivity contribution in [3.8, 4) is 11.5 Å². The Morgan fingerprint density at radius 3 is 2.54 bits per heavy atom. The summed E-state index contributed by atoms with van der Waals surface area (Å²) < 4.78 is 11.3. The number of rotatable bonds is 10. The summed E-state index contributed by atoms with van der Waals surface area (Å²) in [7, 11) is 0. The van der Waals surface area contributed by atoms with Gasteiger partial charge in [-0.15, -0.1) is 0 Å². The Morgan fingerprint density at radius 2 is 1.79 bits per heavy atom. The van der Waals surface area contributed by atoms with Crippen molar-refractivity contribution in [2.75, 3.05) is 26.3 Å². The zero-order chi connectivity index (χ0) is 19.6. The fourth-order valence-electron chi connectivity index (χ4n) is 3.66. The molecule has 0 radical (unpaired) electrons. The molecule has 2 aromatic carbocycles. The van der Waals surface area contributed by atoms with Crippen LogP contribution in [0.25, 0.3) is 0 Å². The monoisotopic (exact) mass is 383 g/mol. The lowest BCUT2D eigenvalue weighted by molar-refractivity contribution is -0.901. The van der Waals surface area contributed by atoms with Crippen molar-refractivity contribution < 1.29 is 19.2 Å². The van der Waals surface area contributed by atoms with Crippen LogP contribution in [0.15, 0.2) is 54.6 Å². The third-order valence-electron chi connectivity index (χ3n) is 5.00. The van der Waals surface area contributed by atoms with Gasteiger partial charge in [-0.2, -0.15) is 0 Å². The number of benzene rings is 2. The number of amides is 1. The van der Waals surface area contributed by atoms with Crippen LogP contribution in [0.4, 0.5) is 0 Å². The summed E-state index contributed by atoms with van der Waals surface area (Å²) in [4.78, 5) is 13.8. The second-order valence-corrected chi connectivity index (χ2v) is 7.25. The van der Waals surface area contributed by atoms with Gasteiger partial charge in [0.05, 0.1) is 32.3 Å². The van der Waals surface area contributed by atoms with Gasteiger partial charge in [-0.05, 0) is 25.5 Å². The van der Waals surface area contributed by atoms with Gasteiger partial charge in [0, 0.05) is 18.4 Å². The summed E-state index contributed by atoms with van der Waals surface area (Å²) in [6, 6.07) is 18.5. The van der Waals surface area contributed by atoms with E-state index in [4.69, 9.17) is 9.47 Å². The number of carbonyl (C=O) groups excluding carboxylic acids is 1. The summed E-state index contributed by atoms with van der Waals surface area (Å²) in [6.45, 7) is 6.20. The van der Waals surface area contributed by atoms with Crippen molar-refractivity contribution in [3.63, 3.8) is 0 Å². The minimum atomic E-state index is 0.118. The highest BCUT2D eigenvalue weighted by Crippen LogP contribution is 2.26. The van der Waals surface area contributed by atoms with Crippen molar-refractivity contribution in [3.05, 3.63) is 60.2 Å².